The summed E-state index contributed by atoms with van der Waals surface area (Å²) in [5.74, 6) is 0.619. The van der Waals surface area contributed by atoms with Crippen LogP contribution in [0, 0.1) is 6.92 Å². The number of hydrogen-bond acceptors (Lipinski definition) is 5. The lowest BCUT2D eigenvalue weighted by atomic mass is 10.0. The molecule has 1 aliphatic heterocycles. The van der Waals surface area contributed by atoms with Crippen molar-refractivity contribution in [3.63, 3.8) is 0 Å². The number of rotatable bonds is 7. The van der Waals surface area contributed by atoms with Gasteiger partial charge in [0.2, 0.25) is 0 Å². The van der Waals surface area contributed by atoms with Gasteiger partial charge in [0, 0.05) is 5.56 Å². The van der Waals surface area contributed by atoms with Crippen LogP contribution in [0.15, 0.2) is 24.3 Å². The molecule has 3 rings (SSSR count). The van der Waals surface area contributed by atoms with Crippen LogP contribution >= 0.6 is 12.4 Å². The quantitative estimate of drug-likeness (QED) is 0.736. The maximum atomic E-state index is 12.9. The van der Waals surface area contributed by atoms with Crippen LogP contribution in [0.1, 0.15) is 66.9 Å². The zero-order valence-electron chi connectivity index (χ0n) is 16.8. The van der Waals surface area contributed by atoms with Crippen molar-refractivity contribution in [1.29, 1.82) is 0 Å². The molecule has 1 aromatic heterocycles. The Morgan fingerprint density at radius 2 is 2.04 bits per heavy atom. The zero-order chi connectivity index (χ0) is 19.2. The second kappa shape index (κ2) is 10.4. The Kier molecular flexibility index (Phi) is 8.26. The smallest absolute Gasteiger partial charge is 0.274 e. The summed E-state index contributed by atoms with van der Waals surface area (Å²) in [5, 5.41) is 14.9. The third kappa shape index (κ3) is 4.83. The highest BCUT2D eigenvalue weighted by Gasteiger charge is 2.25. The van der Waals surface area contributed by atoms with Gasteiger partial charge in [-0.25, -0.2) is 4.68 Å². The molecule has 2 heterocycles. The van der Waals surface area contributed by atoms with Crippen molar-refractivity contribution < 1.29 is 9.53 Å². The first-order chi connectivity index (χ1) is 13.2. The molecular weight excluding hydrogens is 378 g/mol. The molecule has 8 heteroatoms. The number of ether oxygens (including phenoxy) is 1. The van der Waals surface area contributed by atoms with Crippen LogP contribution in [-0.4, -0.2) is 40.6 Å². The number of carbonyl (C=O) groups excluding carboxylic acids is 1. The predicted octanol–water partition coefficient (Wildman–Crippen LogP) is 3.21. The fraction of sp³-hybridized carbons (Fsp3) is 0.550. The summed E-state index contributed by atoms with van der Waals surface area (Å²) < 4.78 is 7.63. The fourth-order valence-electron chi connectivity index (χ4n) is 3.63. The highest BCUT2D eigenvalue weighted by molar-refractivity contribution is 5.93. The summed E-state index contributed by atoms with van der Waals surface area (Å²) >= 11 is 0. The van der Waals surface area contributed by atoms with Gasteiger partial charge < -0.3 is 15.4 Å². The highest BCUT2D eigenvalue weighted by atomic mass is 35.5. The van der Waals surface area contributed by atoms with Crippen molar-refractivity contribution in [1.82, 2.24) is 25.6 Å². The first kappa shape index (κ1) is 22.2. The molecule has 0 saturated carbocycles. The minimum absolute atomic E-state index is 0. The van der Waals surface area contributed by atoms with Gasteiger partial charge in [-0.15, -0.1) is 17.5 Å². The molecule has 0 radical (unpaired) electrons. The maximum absolute atomic E-state index is 12.9. The molecule has 2 N–H and O–H groups in total. The standard InChI is InChI=1S/C20H29N5O2.ClH/c1-4-17(16-8-6-7-9-18(16)27-5-2)22-20(26)19-14(3)25(24-23-19)15-10-12-21-13-11-15;/h6-9,15,17,21H,4-5,10-13H2,1-3H3,(H,22,26);1H. The first-order valence-corrected chi connectivity index (χ1v) is 9.80. The number of halogens is 1. The molecule has 7 nitrogen and oxygen atoms in total. The number of carbonyl (C=O) groups is 1. The average molecular weight is 408 g/mol. The van der Waals surface area contributed by atoms with Gasteiger partial charge in [0.15, 0.2) is 5.69 Å². The summed E-state index contributed by atoms with van der Waals surface area (Å²) in [6.07, 6.45) is 2.77. The van der Waals surface area contributed by atoms with Crippen molar-refractivity contribution in [2.45, 2.75) is 52.1 Å². The minimum atomic E-state index is -0.189. The minimum Gasteiger partial charge on any atom is -0.494 e. The van der Waals surface area contributed by atoms with Gasteiger partial charge in [0.05, 0.1) is 24.4 Å². The molecular formula is C20H30ClN5O2. The zero-order valence-corrected chi connectivity index (χ0v) is 17.6. The summed E-state index contributed by atoms with van der Waals surface area (Å²) in [6, 6.07) is 8.01. The van der Waals surface area contributed by atoms with E-state index in [-0.39, 0.29) is 24.4 Å². The van der Waals surface area contributed by atoms with Crippen LogP contribution in [0.2, 0.25) is 0 Å². The van der Waals surface area contributed by atoms with E-state index in [1.165, 1.54) is 0 Å². The lowest BCUT2D eigenvalue weighted by Gasteiger charge is -2.23. The predicted molar refractivity (Wildman–Crippen MR) is 111 cm³/mol. The molecule has 0 spiro atoms. The SMILES string of the molecule is CCOc1ccccc1C(CC)NC(=O)c1nnn(C2CCNCC2)c1C.Cl. The fourth-order valence-corrected chi connectivity index (χ4v) is 3.63. The van der Waals surface area contributed by atoms with Crippen molar-refractivity contribution in [2.75, 3.05) is 19.7 Å². The molecule has 1 aromatic carbocycles. The van der Waals surface area contributed by atoms with E-state index >= 15 is 0 Å². The number of nitrogens with one attached hydrogen (secondary N) is 2. The van der Waals surface area contributed by atoms with E-state index in [1.54, 1.807) is 0 Å². The maximum Gasteiger partial charge on any atom is 0.274 e. The van der Waals surface area contributed by atoms with Gasteiger partial charge >= 0.3 is 0 Å². The van der Waals surface area contributed by atoms with E-state index in [1.807, 2.05) is 49.7 Å². The summed E-state index contributed by atoms with van der Waals surface area (Å²) in [6.45, 7) is 8.46. The van der Waals surface area contributed by atoms with Crippen LogP contribution in [0.25, 0.3) is 0 Å². The molecule has 154 valence electrons. The van der Waals surface area contributed by atoms with Crippen LogP contribution < -0.4 is 15.4 Å². The monoisotopic (exact) mass is 407 g/mol. The van der Waals surface area contributed by atoms with Gasteiger partial charge in [0.1, 0.15) is 5.75 Å². The van der Waals surface area contributed by atoms with Crippen LogP contribution in [0.5, 0.6) is 5.75 Å². The molecule has 1 unspecified atom stereocenters. The third-order valence-electron chi connectivity index (χ3n) is 5.10. The van der Waals surface area contributed by atoms with E-state index in [9.17, 15) is 4.79 Å². The van der Waals surface area contributed by atoms with Gasteiger partial charge in [-0.2, -0.15) is 0 Å². The summed E-state index contributed by atoms with van der Waals surface area (Å²) in [4.78, 5) is 12.9. The number of aromatic nitrogens is 3. The lowest BCUT2D eigenvalue weighted by molar-refractivity contribution is 0.0929. The van der Waals surface area contributed by atoms with Crippen LogP contribution in [-0.2, 0) is 0 Å². The van der Waals surface area contributed by atoms with E-state index in [4.69, 9.17) is 4.74 Å². The Morgan fingerprint density at radius 1 is 1.32 bits per heavy atom. The summed E-state index contributed by atoms with van der Waals surface area (Å²) in [7, 11) is 0. The van der Waals surface area contributed by atoms with E-state index in [2.05, 4.69) is 20.9 Å². The molecule has 28 heavy (non-hydrogen) atoms. The lowest BCUT2D eigenvalue weighted by Crippen LogP contribution is -2.31. The number of para-hydroxylation sites is 1. The highest BCUT2D eigenvalue weighted by Crippen LogP contribution is 2.28. The van der Waals surface area contributed by atoms with E-state index in [0.29, 0.717) is 18.3 Å². The molecule has 2 aromatic rings. The average Bonchev–Trinajstić information content (AvgIpc) is 3.09. The number of hydrogen-bond donors (Lipinski definition) is 2. The van der Waals surface area contributed by atoms with Gasteiger partial charge in [-0.3, -0.25) is 4.79 Å². The molecule has 1 atom stereocenters. The molecule has 0 aliphatic carbocycles. The van der Waals surface area contributed by atoms with Gasteiger partial charge in [-0.1, -0.05) is 30.3 Å². The Labute approximate surface area is 172 Å². The first-order valence-electron chi connectivity index (χ1n) is 9.80. The normalized spacial score (nSPS) is 15.5. The van der Waals surface area contributed by atoms with Crippen molar-refractivity contribution in [3.8, 4) is 5.75 Å². The Balaban J connectivity index is 0.00000280. The number of nitrogens with zero attached hydrogens (tertiary/aromatic N) is 3. The number of amides is 1. The Bertz CT molecular complexity index is 774. The molecule has 1 aliphatic rings. The van der Waals surface area contributed by atoms with Crippen LogP contribution in [0.3, 0.4) is 0 Å². The van der Waals surface area contributed by atoms with Crippen molar-refractivity contribution in [2.24, 2.45) is 0 Å². The van der Waals surface area contributed by atoms with Crippen molar-refractivity contribution in [3.05, 3.63) is 41.2 Å². The molecule has 1 fully saturated rings. The second-order valence-electron chi connectivity index (χ2n) is 6.85. The van der Waals surface area contributed by atoms with Crippen LogP contribution in [0.4, 0.5) is 0 Å². The molecule has 1 saturated heterocycles. The van der Waals surface area contributed by atoms with Gasteiger partial charge in [-0.05, 0) is 52.3 Å². The van der Waals surface area contributed by atoms with E-state index < -0.39 is 0 Å². The topological polar surface area (TPSA) is 81.1 Å². The molecule has 1 amide bonds. The van der Waals surface area contributed by atoms with Gasteiger partial charge in [0.25, 0.3) is 5.91 Å². The van der Waals surface area contributed by atoms with E-state index in [0.717, 1.165) is 49.4 Å². The Hall–Kier alpha value is -2.12. The molecule has 0 bridgehead atoms. The Morgan fingerprint density at radius 3 is 2.71 bits per heavy atom. The summed E-state index contributed by atoms with van der Waals surface area (Å²) in [5.41, 5.74) is 2.21. The number of benzene rings is 1. The van der Waals surface area contributed by atoms with Crippen molar-refractivity contribution >= 4 is 18.3 Å². The largest absolute Gasteiger partial charge is 0.494 e. The number of piperidine rings is 1. The second-order valence-corrected chi connectivity index (χ2v) is 6.85. The third-order valence-corrected chi connectivity index (χ3v) is 5.10.